The third kappa shape index (κ3) is 0.967. The Labute approximate surface area is 95.9 Å². The third-order valence-corrected chi connectivity index (χ3v) is 3.61. The first kappa shape index (κ1) is 9.52. The Kier molecular flexibility index (Phi) is 1.73. The first-order chi connectivity index (χ1) is 7.66. The molecule has 1 aromatic heterocycles. The molecule has 16 heavy (non-hydrogen) atoms. The minimum Gasteiger partial charge on any atom is -0.329 e. The average molecular weight is 212 g/mol. The summed E-state index contributed by atoms with van der Waals surface area (Å²) < 4.78 is 2.12. The van der Waals surface area contributed by atoms with Crippen LogP contribution in [-0.4, -0.2) is 11.7 Å². The highest BCUT2D eigenvalue weighted by atomic mass is 15.4. The molecule has 1 heterocycles. The van der Waals surface area contributed by atoms with E-state index in [1.807, 2.05) is 7.05 Å². The van der Waals surface area contributed by atoms with Gasteiger partial charge in [-0.15, -0.1) is 0 Å². The number of hydrogen-bond acceptors (Lipinski definition) is 1. The van der Waals surface area contributed by atoms with E-state index in [1.165, 1.54) is 22.4 Å². The Balaban J connectivity index is 2.36. The molecule has 0 bridgehead atoms. The summed E-state index contributed by atoms with van der Waals surface area (Å²) in [7, 11) is 1.96. The van der Waals surface area contributed by atoms with E-state index in [1.54, 1.807) is 0 Å². The lowest BCUT2D eigenvalue weighted by molar-refractivity contribution is 0.606. The molecule has 1 aliphatic rings. The molecule has 0 fully saturated rings. The van der Waals surface area contributed by atoms with Crippen LogP contribution < -0.4 is 5.43 Å². The number of fused-ring (bicyclic) bond motifs is 3. The highest BCUT2D eigenvalue weighted by molar-refractivity contribution is 5.79. The summed E-state index contributed by atoms with van der Waals surface area (Å²) in [6.45, 7) is 4.57. The summed E-state index contributed by atoms with van der Waals surface area (Å²) >= 11 is 0. The van der Waals surface area contributed by atoms with Crippen molar-refractivity contribution in [3.05, 3.63) is 47.8 Å². The normalized spacial score (nSPS) is 15.7. The van der Waals surface area contributed by atoms with Gasteiger partial charge in [0.25, 0.3) is 0 Å². The number of rotatable bonds is 1. The van der Waals surface area contributed by atoms with Gasteiger partial charge in [-0.05, 0) is 17.2 Å². The Morgan fingerprint density at radius 2 is 1.81 bits per heavy atom. The Bertz CT molecular complexity index is 550. The molecule has 2 heteroatoms. The zero-order valence-corrected chi connectivity index (χ0v) is 9.91. The molecule has 2 nitrogen and oxygen atoms in total. The van der Waals surface area contributed by atoms with Crippen molar-refractivity contribution in [2.24, 2.45) is 0 Å². The van der Waals surface area contributed by atoms with E-state index in [0.717, 1.165) is 0 Å². The highest BCUT2D eigenvalue weighted by Gasteiger charge is 2.37. The molecule has 0 amide bonds. The Morgan fingerprint density at radius 1 is 1.06 bits per heavy atom. The van der Waals surface area contributed by atoms with E-state index in [4.69, 9.17) is 0 Å². The van der Waals surface area contributed by atoms with Crippen molar-refractivity contribution in [1.29, 1.82) is 0 Å². The second-order valence-corrected chi connectivity index (χ2v) is 4.84. The van der Waals surface area contributed by atoms with Gasteiger partial charge in [-0.3, -0.25) is 4.68 Å². The smallest absolute Gasteiger partial charge is 0.0572 e. The van der Waals surface area contributed by atoms with Gasteiger partial charge in [0.2, 0.25) is 0 Å². The zero-order chi connectivity index (χ0) is 11.3. The van der Waals surface area contributed by atoms with Crippen LogP contribution in [0.3, 0.4) is 0 Å². The largest absolute Gasteiger partial charge is 0.329 e. The third-order valence-electron chi connectivity index (χ3n) is 3.61. The van der Waals surface area contributed by atoms with Gasteiger partial charge in [-0.25, -0.2) is 0 Å². The van der Waals surface area contributed by atoms with E-state index in [-0.39, 0.29) is 5.41 Å². The molecule has 0 radical (unpaired) electrons. The Hall–Kier alpha value is -1.70. The lowest BCUT2D eigenvalue weighted by atomic mass is 9.85. The molecular formula is C14H16N2. The van der Waals surface area contributed by atoms with Crippen LogP contribution in [0.25, 0.3) is 11.1 Å². The molecule has 0 saturated heterocycles. The fourth-order valence-electron chi connectivity index (χ4n) is 2.86. The maximum Gasteiger partial charge on any atom is 0.0572 e. The van der Waals surface area contributed by atoms with E-state index in [9.17, 15) is 0 Å². The molecule has 0 spiro atoms. The van der Waals surface area contributed by atoms with Gasteiger partial charge in [0.15, 0.2) is 0 Å². The van der Waals surface area contributed by atoms with Crippen LogP contribution >= 0.6 is 0 Å². The molecule has 1 aliphatic carbocycles. The van der Waals surface area contributed by atoms with E-state index < -0.39 is 0 Å². The molecule has 0 unspecified atom stereocenters. The standard InChI is InChI=1S/C14H16N2/c1-14(2)12-7-5-4-6-10(12)11-8-9-16(15-3)13(11)14/h4-9,15H,1-3H3. The van der Waals surface area contributed by atoms with Crippen molar-refractivity contribution >= 4 is 0 Å². The van der Waals surface area contributed by atoms with Crippen LogP contribution in [0.2, 0.25) is 0 Å². The average Bonchev–Trinajstić information content (AvgIpc) is 2.80. The quantitative estimate of drug-likeness (QED) is 0.769. The van der Waals surface area contributed by atoms with Crippen LogP contribution in [0.4, 0.5) is 0 Å². The van der Waals surface area contributed by atoms with Crippen LogP contribution in [0.1, 0.15) is 25.1 Å². The van der Waals surface area contributed by atoms with Gasteiger partial charge in [-0.1, -0.05) is 38.1 Å². The number of hydrogen-bond donors (Lipinski definition) is 1. The maximum absolute atomic E-state index is 3.21. The highest BCUT2D eigenvalue weighted by Crippen LogP contribution is 2.48. The molecule has 3 rings (SSSR count). The minimum absolute atomic E-state index is 0.0818. The van der Waals surface area contributed by atoms with Crippen LogP contribution in [0.15, 0.2) is 36.5 Å². The van der Waals surface area contributed by atoms with Gasteiger partial charge in [0, 0.05) is 24.2 Å². The van der Waals surface area contributed by atoms with Gasteiger partial charge < -0.3 is 5.43 Å². The topological polar surface area (TPSA) is 17.0 Å². The van der Waals surface area contributed by atoms with Gasteiger partial charge in [0.05, 0.1) is 5.69 Å². The van der Waals surface area contributed by atoms with Crippen molar-refractivity contribution in [3.8, 4) is 11.1 Å². The molecule has 82 valence electrons. The predicted molar refractivity (Wildman–Crippen MR) is 67.3 cm³/mol. The van der Waals surface area contributed by atoms with Crippen molar-refractivity contribution < 1.29 is 0 Å². The Morgan fingerprint density at radius 3 is 2.56 bits per heavy atom. The lowest BCUT2D eigenvalue weighted by Gasteiger charge is -2.23. The van der Waals surface area contributed by atoms with E-state index in [0.29, 0.717) is 0 Å². The van der Waals surface area contributed by atoms with Crippen LogP contribution in [-0.2, 0) is 5.41 Å². The lowest BCUT2D eigenvalue weighted by Crippen LogP contribution is -2.23. The maximum atomic E-state index is 3.21. The summed E-state index contributed by atoms with van der Waals surface area (Å²) in [5.74, 6) is 0. The van der Waals surface area contributed by atoms with Gasteiger partial charge in [-0.2, -0.15) is 0 Å². The first-order valence-corrected chi connectivity index (χ1v) is 5.65. The van der Waals surface area contributed by atoms with Crippen molar-refractivity contribution in [2.75, 3.05) is 12.5 Å². The summed E-state index contributed by atoms with van der Waals surface area (Å²) in [6.07, 6.45) is 2.10. The summed E-state index contributed by atoms with van der Waals surface area (Å²) in [6, 6.07) is 10.9. The van der Waals surface area contributed by atoms with Crippen molar-refractivity contribution in [3.63, 3.8) is 0 Å². The van der Waals surface area contributed by atoms with E-state index >= 15 is 0 Å². The number of nitrogens with zero attached hydrogens (tertiary/aromatic N) is 1. The van der Waals surface area contributed by atoms with Gasteiger partial charge in [0.1, 0.15) is 0 Å². The minimum atomic E-state index is 0.0818. The predicted octanol–water partition coefficient (Wildman–Crippen LogP) is 2.97. The fourth-order valence-corrected chi connectivity index (χ4v) is 2.86. The van der Waals surface area contributed by atoms with Crippen LogP contribution in [0, 0.1) is 0 Å². The number of aromatic nitrogens is 1. The van der Waals surface area contributed by atoms with Crippen LogP contribution in [0.5, 0.6) is 0 Å². The fraction of sp³-hybridized carbons (Fsp3) is 0.286. The van der Waals surface area contributed by atoms with Crippen molar-refractivity contribution in [2.45, 2.75) is 19.3 Å². The molecule has 1 aromatic carbocycles. The zero-order valence-electron chi connectivity index (χ0n) is 9.91. The SMILES string of the molecule is CNn1ccc2c1C(C)(C)c1ccccc1-2. The molecule has 2 aromatic rings. The van der Waals surface area contributed by atoms with E-state index in [2.05, 4.69) is 60.5 Å². The molecule has 0 atom stereocenters. The number of nitrogens with one attached hydrogen (secondary N) is 1. The summed E-state index contributed by atoms with van der Waals surface area (Å²) in [5, 5.41) is 0. The molecular weight excluding hydrogens is 196 g/mol. The summed E-state index contributed by atoms with van der Waals surface area (Å²) in [5.41, 5.74) is 8.80. The summed E-state index contributed by atoms with van der Waals surface area (Å²) in [4.78, 5) is 0. The second kappa shape index (κ2) is 2.91. The molecule has 1 N–H and O–H groups in total. The first-order valence-electron chi connectivity index (χ1n) is 5.65. The molecule has 0 aliphatic heterocycles. The number of benzene rings is 1. The second-order valence-electron chi connectivity index (χ2n) is 4.84. The van der Waals surface area contributed by atoms with Crippen molar-refractivity contribution in [1.82, 2.24) is 4.68 Å². The monoisotopic (exact) mass is 212 g/mol. The molecule has 0 saturated carbocycles. The van der Waals surface area contributed by atoms with Gasteiger partial charge >= 0.3 is 0 Å².